The first-order valence-electron chi connectivity index (χ1n) is 8.43. The number of benzene rings is 1. The molecular weight excluding hydrogens is 397 g/mol. The van der Waals surface area contributed by atoms with Crippen molar-refractivity contribution in [3.05, 3.63) is 33.8 Å². The molecule has 1 aliphatic rings. The number of halogens is 2. The summed E-state index contributed by atoms with van der Waals surface area (Å²) in [5.41, 5.74) is -0.584. The van der Waals surface area contributed by atoms with Crippen LogP contribution in [0.15, 0.2) is 18.2 Å². The monoisotopic (exact) mass is 421 g/mol. The van der Waals surface area contributed by atoms with E-state index in [1.54, 1.807) is 43.9 Å². The van der Waals surface area contributed by atoms with Gasteiger partial charge in [0, 0.05) is 24.8 Å². The number of carbonyl (C=O) groups is 1. The van der Waals surface area contributed by atoms with Crippen molar-refractivity contribution in [1.82, 2.24) is 4.90 Å². The molecule has 0 aromatic heterocycles. The lowest BCUT2D eigenvalue weighted by atomic mass is 9.75. The summed E-state index contributed by atoms with van der Waals surface area (Å²) < 4.78 is 29.8. The smallest absolute Gasteiger partial charge is 0.410 e. The summed E-state index contributed by atoms with van der Waals surface area (Å²) in [7, 11) is -3.29. The summed E-state index contributed by atoms with van der Waals surface area (Å²) in [4.78, 5) is 14.1. The lowest BCUT2D eigenvalue weighted by molar-refractivity contribution is 0.0148. The van der Waals surface area contributed by atoms with E-state index >= 15 is 0 Å². The van der Waals surface area contributed by atoms with Crippen molar-refractivity contribution in [3.8, 4) is 0 Å². The summed E-state index contributed by atoms with van der Waals surface area (Å²) in [6.45, 7) is 6.20. The van der Waals surface area contributed by atoms with Crippen LogP contribution in [-0.2, 0) is 20.0 Å². The highest BCUT2D eigenvalue weighted by Crippen LogP contribution is 2.38. The van der Waals surface area contributed by atoms with Crippen molar-refractivity contribution >= 4 is 39.1 Å². The Kier molecular flexibility index (Phi) is 6.20. The zero-order valence-electron chi connectivity index (χ0n) is 15.5. The van der Waals surface area contributed by atoms with E-state index in [1.165, 1.54) is 6.26 Å². The minimum Gasteiger partial charge on any atom is -0.444 e. The Hall–Kier alpha value is -0.980. The summed E-state index contributed by atoms with van der Waals surface area (Å²) in [5.74, 6) is -0.0722. The number of hydrogen-bond donors (Lipinski definition) is 0. The second-order valence-corrected chi connectivity index (χ2v) is 10.9. The first-order chi connectivity index (χ1) is 11.8. The Morgan fingerprint density at radius 3 is 2.46 bits per heavy atom. The van der Waals surface area contributed by atoms with Crippen molar-refractivity contribution in [2.24, 2.45) is 0 Å². The Morgan fingerprint density at radius 2 is 1.92 bits per heavy atom. The molecule has 1 amide bonds. The number of amides is 1. The van der Waals surface area contributed by atoms with E-state index in [2.05, 4.69) is 0 Å². The molecule has 1 atom stereocenters. The van der Waals surface area contributed by atoms with Gasteiger partial charge in [-0.3, -0.25) is 0 Å². The van der Waals surface area contributed by atoms with Gasteiger partial charge in [-0.05, 0) is 51.3 Å². The van der Waals surface area contributed by atoms with E-state index in [0.29, 0.717) is 29.4 Å². The van der Waals surface area contributed by atoms with Crippen LogP contribution < -0.4 is 0 Å². The maximum absolute atomic E-state index is 12.5. The zero-order chi connectivity index (χ0) is 19.8. The number of piperidine rings is 1. The maximum Gasteiger partial charge on any atom is 0.410 e. The number of sulfone groups is 1. The van der Waals surface area contributed by atoms with Gasteiger partial charge in [-0.15, -0.1) is 0 Å². The molecule has 0 aliphatic carbocycles. The van der Waals surface area contributed by atoms with Gasteiger partial charge < -0.3 is 9.64 Å². The molecule has 5 nitrogen and oxygen atoms in total. The number of likely N-dealkylation sites (tertiary alicyclic amines) is 1. The van der Waals surface area contributed by atoms with Crippen molar-refractivity contribution in [2.75, 3.05) is 25.1 Å². The molecule has 1 aliphatic heterocycles. The van der Waals surface area contributed by atoms with Crippen LogP contribution in [-0.4, -0.2) is 50.1 Å². The molecule has 0 radical (unpaired) electrons. The second-order valence-electron chi connectivity index (χ2n) is 7.98. The van der Waals surface area contributed by atoms with Gasteiger partial charge in [0.05, 0.1) is 15.8 Å². The lowest BCUT2D eigenvalue weighted by Gasteiger charge is -2.43. The third-order valence-corrected chi connectivity index (χ3v) is 6.12. The molecule has 1 aromatic carbocycles. The highest BCUT2D eigenvalue weighted by molar-refractivity contribution is 7.90. The molecule has 26 heavy (non-hydrogen) atoms. The number of rotatable bonds is 3. The molecule has 2 rings (SSSR count). The molecule has 0 N–H and O–H groups in total. The molecule has 1 heterocycles. The molecular formula is C18H25Cl2NO4S. The van der Waals surface area contributed by atoms with Crippen molar-refractivity contribution in [3.63, 3.8) is 0 Å². The standard InChI is InChI=1S/C18H25Cl2NO4S/c1-17(2,3)25-16(22)21-9-5-8-18(11-21,12-26(4,23)24)13-6-7-14(19)15(20)10-13/h6-7,10H,5,8-9,11-12H2,1-4H3/t18-/m0/s1. The summed E-state index contributed by atoms with van der Waals surface area (Å²) in [6, 6.07) is 5.15. The molecule has 1 aromatic rings. The van der Waals surface area contributed by atoms with E-state index in [0.717, 1.165) is 5.56 Å². The lowest BCUT2D eigenvalue weighted by Crippen LogP contribution is -2.52. The van der Waals surface area contributed by atoms with Crippen molar-refractivity contribution in [1.29, 1.82) is 0 Å². The number of carbonyl (C=O) groups excluding carboxylic acids is 1. The van der Waals surface area contributed by atoms with Gasteiger partial charge in [0.2, 0.25) is 0 Å². The minimum absolute atomic E-state index is 0.0722. The largest absolute Gasteiger partial charge is 0.444 e. The van der Waals surface area contributed by atoms with E-state index < -0.39 is 26.9 Å². The molecule has 0 bridgehead atoms. The van der Waals surface area contributed by atoms with Crippen LogP contribution in [0, 0.1) is 0 Å². The number of nitrogens with zero attached hydrogens (tertiary/aromatic N) is 1. The van der Waals surface area contributed by atoms with E-state index in [1.807, 2.05) is 0 Å². The third-order valence-electron chi connectivity index (χ3n) is 4.30. The van der Waals surface area contributed by atoms with Crippen molar-refractivity contribution in [2.45, 2.75) is 44.6 Å². The van der Waals surface area contributed by atoms with Crippen molar-refractivity contribution < 1.29 is 17.9 Å². The molecule has 1 saturated heterocycles. The van der Waals surface area contributed by atoms with E-state index in [-0.39, 0.29) is 12.3 Å². The fraction of sp³-hybridized carbons (Fsp3) is 0.611. The Balaban J connectivity index is 2.41. The van der Waals surface area contributed by atoms with Crippen LogP contribution in [0.4, 0.5) is 4.79 Å². The molecule has 146 valence electrons. The summed E-state index contributed by atoms with van der Waals surface area (Å²) in [6.07, 6.45) is 2.08. The fourth-order valence-corrected chi connectivity index (χ4v) is 5.08. The van der Waals surface area contributed by atoms with Gasteiger partial charge in [-0.2, -0.15) is 0 Å². The Bertz CT molecular complexity index is 789. The Labute approximate surface area is 165 Å². The fourth-order valence-electron chi connectivity index (χ4n) is 3.38. The molecule has 0 spiro atoms. The topological polar surface area (TPSA) is 63.7 Å². The molecule has 0 unspecified atom stereocenters. The first-order valence-corrected chi connectivity index (χ1v) is 11.2. The summed E-state index contributed by atoms with van der Waals surface area (Å²) in [5, 5.41) is 0.774. The van der Waals surface area contributed by atoms with Gasteiger partial charge in [-0.25, -0.2) is 13.2 Å². The SMILES string of the molecule is CC(C)(C)OC(=O)N1CCC[C@](CS(C)(=O)=O)(c2ccc(Cl)c(Cl)c2)C1. The van der Waals surface area contributed by atoms with Crippen LogP contribution in [0.2, 0.25) is 10.0 Å². The predicted molar refractivity (Wildman–Crippen MR) is 105 cm³/mol. The normalized spacial score (nSPS) is 21.5. The van der Waals surface area contributed by atoms with Crippen LogP contribution in [0.1, 0.15) is 39.2 Å². The quantitative estimate of drug-likeness (QED) is 0.729. The molecule has 1 fully saturated rings. The average Bonchev–Trinajstić information content (AvgIpc) is 2.46. The second kappa shape index (κ2) is 7.56. The van der Waals surface area contributed by atoms with E-state index in [4.69, 9.17) is 27.9 Å². The highest BCUT2D eigenvalue weighted by Gasteiger charge is 2.42. The van der Waals surface area contributed by atoms with Crippen LogP contribution in [0.3, 0.4) is 0 Å². The third kappa shape index (κ3) is 5.51. The first kappa shape index (κ1) is 21.3. The Morgan fingerprint density at radius 1 is 1.27 bits per heavy atom. The molecule has 0 saturated carbocycles. The predicted octanol–water partition coefficient (Wildman–Crippen LogP) is 4.31. The average molecular weight is 422 g/mol. The summed E-state index contributed by atoms with van der Waals surface area (Å²) >= 11 is 12.2. The minimum atomic E-state index is -3.29. The molecule has 8 heteroatoms. The van der Waals surface area contributed by atoms with Crippen LogP contribution in [0.5, 0.6) is 0 Å². The van der Waals surface area contributed by atoms with Gasteiger partial charge in [-0.1, -0.05) is 29.3 Å². The number of hydrogen-bond acceptors (Lipinski definition) is 4. The highest BCUT2D eigenvalue weighted by atomic mass is 35.5. The zero-order valence-corrected chi connectivity index (χ0v) is 17.8. The van der Waals surface area contributed by atoms with Crippen LogP contribution in [0.25, 0.3) is 0 Å². The van der Waals surface area contributed by atoms with Gasteiger partial charge in [0.25, 0.3) is 0 Å². The number of ether oxygens (including phenoxy) is 1. The van der Waals surface area contributed by atoms with Gasteiger partial charge >= 0.3 is 6.09 Å². The van der Waals surface area contributed by atoms with Crippen LogP contribution >= 0.6 is 23.2 Å². The van der Waals surface area contributed by atoms with E-state index in [9.17, 15) is 13.2 Å². The van der Waals surface area contributed by atoms with Gasteiger partial charge in [0.15, 0.2) is 0 Å². The van der Waals surface area contributed by atoms with Gasteiger partial charge in [0.1, 0.15) is 15.4 Å². The maximum atomic E-state index is 12.5.